The van der Waals surface area contributed by atoms with Crippen LogP contribution in [-0.4, -0.2) is 42.5 Å². The summed E-state index contributed by atoms with van der Waals surface area (Å²) in [4.78, 5) is 5.59. The number of hydrogen-bond donors (Lipinski definition) is 0. The highest BCUT2D eigenvalue weighted by Gasteiger charge is 2.41. The molecule has 3 rings (SSSR count). The molecule has 156 valence electrons. The van der Waals surface area contributed by atoms with Gasteiger partial charge in [-0.1, -0.05) is 19.3 Å². The summed E-state index contributed by atoms with van der Waals surface area (Å²) < 4.78 is 64.8. The monoisotopic (exact) mass is 427 g/mol. The smallest absolute Gasteiger partial charge is 0.355 e. The molecule has 0 bridgehead atoms. The van der Waals surface area contributed by atoms with Gasteiger partial charge in [0.05, 0.1) is 4.90 Å². The summed E-state index contributed by atoms with van der Waals surface area (Å²) in [7, 11) is -1.86. The lowest BCUT2D eigenvalue weighted by Gasteiger charge is -2.33. The minimum atomic E-state index is -4.81. The van der Waals surface area contributed by atoms with Gasteiger partial charge in [-0.15, -0.1) is 0 Å². The number of halogens is 3. The molecule has 1 aliphatic carbocycles. The molecule has 2 heterocycles. The van der Waals surface area contributed by atoms with Crippen molar-refractivity contribution in [1.82, 2.24) is 14.8 Å². The van der Waals surface area contributed by atoms with Gasteiger partial charge in [-0.3, -0.25) is 0 Å². The van der Waals surface area contributed by atoms with Crippen molar-refractivity contribution in [2.45, 2.75) is 49.2 Å². The lowest BCUT2D eigenvalue weighted by molar-refractivity contribution is -0.141. The largest absolute Gasteiger partial charge is 0.436 e. The molecule has 29 heavy (non-hydrogen) atoms. The van der Waals surface area contributed by atoms with Gasteiger partial charge in [0.15, 0.2) is 27.2 Å². The first kappa shape index (κ1) is 21.1. The number of nitrogens with zero attached hydrogens (tertiary/aromatic N) is 5. The predicted molar refractivity (Wildman–Crippen MR) is 99.5 cm³/mol. The topological polar surface area (TPSA) is 91.9 Å². The normalized spacial score (nSPS) is 15.9. The zero-order valence-corrected chi connectivity index (χ0v) is 16.8. The van der Waals surface area contributed by atoms with Gasteiger partial charge in [0, 0.05) is 25.5 Å². The van der Waals surface area contributed by atoms with Crippen molar-refractivity contribution in [2.75, 3.05) is 18.2 Å². The first-order valence-electron chi connectivity index (χ1n) is 9.03. The maximum Gasteiger partial charge on any atom is 0.436 e. The fourth-order valence-corrected chi connectivity index (χ4v) is 4.11. The number of aromatic nitrogens is 3. The lowest BCUT2D eigenvalue weighted by atomic mass is 9.94. The number of rotatable bonds is 4. The lowest BCUT2D eigenvalue weighted by Crippen LogP contribution is -2.35. The van der Waals surface area contributed by atoms with E-state index < -0.39 is 27.3 Å². The molecule has 0 spiro atoms. The van der Waals surface area contributed by atoms with Crippen molar-refractivity contribution in [3.8, 4) is 11.9 Å². The Morgan fingerprint density at radius 2 is 1.90 bits per heavy atom. The minimum absolute atomic E-state index is 0.00191. The van der Waals surface area contributed by atoms with Crippen molar-refractivity contribution in [3.63, 3.8) is 0 Å². The second-order valence-electron chi connectivity index (χ2n) is 7.10. The summed E-state index contributed by atoms with van der Waals surface area (Å²) in [6.45, 7) is 0. The van der Waals surface area contributed by atoms with Crippen LogP contribution in [0.1, 0.15) is 43.4 Å². The van der Waals surface area contributed by atoms with Gasteiger partial charge in [-0.05, 0) is 25.0 Å². The summed E-state index contributed by atoms with van der Waals surface area (Å²) in [5.74, 6) is 0.00777. The fraction of sp³-hybridized carbons (Fsp3) is 0.500. The van der Waals surface area contributed by atoms with Gasteiger partial charge in [0.1, 0.15) is 11.6 Å². The Morgan fingerprint density at radius 3 is 2.38 bits per heavy atom. The molecule has 7 nitrogen and oxygen atoms in total. The number of nitriles is 1. The third-order valence-corrected chi connectivity index (χ3v) is 6.16. The molecule has 0 unspecified atom stereocenters. The average molecular weight is 427 g/mol. The molecular weight excluding hydrogens is 407 g/mol. The first-order chi connectivity index (χ1) is 13.5. The van der Waals surface area contributed by atoms with E-state index in [0.717, 1.165) is 49.2 Å². The Morgan fingerprint density at radius 1 is 1.24 bits per heavy atom. The minimum Gasteiger partial charge on any atom is -0.355 e. The Hall–Kier alpha value is -2.61. The summed E-state index contributed by atoms with van der Waals surface area (Å²) in [5.41, 5.74) is -1.86. The second-order valence-corrected chi connectivity index (χ2v) is 9.11. The van der Waals surface area contributed by atoms with Gasteiger partial charge < -0.3 is 4.90 Å². The molecule has 1 saturated carbocycles. The number of pyridine rings is 1. The second kappa shape index (κ2) is 7.67. The maximum atomic E-state index is 13.5. The van der Waals surface area contributed by atoms with Crippen LogP contribution in [0.2, 0.25) is 0 Å². The van der Waals surface area contributed by atoms with Crippen LogP contribution in [0.15, 0.2) is 23.2 Å². The van der Waals surface area contributed by atoms with Crippen LogP contribution in [0.25, 0.3) is 5.82 Å². The van der Waals surface area contributed by atoms with E-state index in [1.54, 1.807) is 18.0 Å². The van der Waals surface area contributed by atoms with Gasteiger partial charge in [0.25, 0.3) is 0 Å². The highest BCUT2D eigenvalue weighted by atomic mass is 32.2. The van der Waals surface area contributed by atoms with Crippen LogP contribution in [0, 0.1) is 11.3 Å². The summed E-state index contributed by atoms with van der Waals surface area (Å²) in [6.07, 6.45) is 1.84. The number of hydrogen-bond acceptors (Lipinski definition) is 6. The zero-order chi connectivity index (χ0) is 21.4. The standard InChI is InChI=1S/C18H20F3N5O2S/c1-25(12-6-4-3-5-7-12)17-14(10-22)16(18(19,20)21)24-26(17)15-9-8-13(11-23-15)29(2,27)28/h8-9,11-12H,3-7H2,1-2H3. The van der Waals surface area contributed by atoms with Crippen LogP contribution in [-0.2, 0) is 16.0 Å². The molecular formula is C18H20F3N5O2S. The Bertz CT molecular complexity index is 1030. The van der Waals surface area contributed by atoms with E-state index >= 15 is 0 Å². The van der Waals surface area contributed by atoms with Crippen molar-refractivity contribution in [3.05, 3.63) is 29.6 Å². The third-order valence-electron chi connectivity index (χ3n) is 5.06. The highest BCUT2D eigenvalue weighted by Crippen LogP contribution is 2.38. The van der Waals surface area contributed by atoms with Gasteiger partial charge in [-0.25, -0.2) is 13.4 Å². The predicted octanol–water partition coefficient (Wildman–Crippen LogP) is 3.33. The molecule has 0 aromatic carbocycles. The molecule has 11 heteroatoms. The molecule has 0 saturated heterocycles. The zero-order valence-electron chi connectivity index (χ0n) is 15.9. The van der Waals surface area contributed by atoms with Crippen molar-refractivity contribution >= 4 is 15.7 Å². The van der Waals surface area contributed by atoms with Gasteiger partial charge in [-0.2, -0.15) is 28.2 Å². The number of anilines is 1. The summed E-state index contributed by atoms with van der Waals surface area (Å²) in [6, 6.07) is 4.16. The quantitative estimate of drug-likeness (QED) is 0.743. The first-order valence-corrected chi connectivity index (χ1v) is 10.9. The van der Waals surface area contributed by atoms with E-state index in [-0.39, 0.29) is 22.6 Å². The molecule has 1 fully saturated rings. The number of sulfone groups is 1. The van der Waals surface area contributed by atoms with E-state index in [4.69, 9.17) is 0 Å². The van der Waals surface area contributed by atoms with E-state index in [2.05, 4.69) is 10.1 Å². The van der Waals surface area contributed by atoms with E-state index in [1.807, 2.05) is 0 Å². The van der Waals surface area contributed by atoms with Gasteiger partial charge >= 0.3 is 6.18 Å². The van der Waals surface area contributed by atoms with Gasteiger partial charge in [0.2, 0.25) is 0 Å². The van der Waals surface area contributed by atoms with Crippen molar-refractivity contribution in [1.29, 1.82) is 5.26 Å². The maximum absolute atomic E-state index is 13.5. The van der Waals surface area contributed by atoms with E-state index in [0.29, 0.717) is 0 Å². The van der Waals surface area contributed by atoms with Crippen LogP contribution >= 0.6 is 0 Å². The number of alkyl halides is 3. The molecule has 2 aromatic heterocycles. The third kappa shape index (κ3) is 4.22. The van der Waals surface area contributed by atoms with Crippen LogP contribution in [0.3, 0.4) is 0 Å². The van der Waals surface area contributed by atoms with Crippen LogP contribution in [0.5, 0.6) is 0 Å². The molecule has 0 amide bonds. The highest BCUT2D eigenvalue weighted by molar-refractivity contribution is 7.90. The summed E-state index contributed by atoms with van der Waals surface area (Å²) in [5, 5.41) is 13.1. The molecule has 0 atom stereocenters. The van der Waals surface area contributed by atoms with Crippen molar-refractivity contribution in [2.24, 2.45) is 0 Å². The average Bonchev–Trinajstić information content (AvgIpc) is 3.07. The van der Waals surface area contributed by atoms with Crippen LogP contribution in [0.4, 0.5) is 19.0 Å². The summed E-state index contributed by atoms with van der Waals surface area (Å²) >= 11 is 0. The van der Waals surface area contributed by atoms with E-state index in [9.17, 15) is 26.9 Å². The Balaban J connectivity index is 2.17. The molecule has 0 aliphatic heterocycles. The molecule has 1 aliphatic rings. The SMILES string of the molecule is CN(c1c(C#N)c(C(F)(F)F)nn1-c1ccc(S(C)(=O)=O)cn1)C1CCCCC1. The Labute approximate surface area is 166 Å². The fourth-order valence-electron chi connectivity index (χ4n) is 3.55. The Kier molecular flexibility index (Phi) is 5.58. The molecule has 2 aromatic rings. The van der Waals surface area contributed by atoms with E-state index in [1.165, 1.54) is 12.1 Å². The van der Waals surface area contributed by atoms with Crippen molar-refractivity contribution < 1.29 is 21.6 Å². The molecule has 0 radical (unpaired) electrons. The molecule has 0 N–H and O–H groups in total. The van der Waals surface area contributed by atoms with Crippen LogP contribution < -0.4 is 4.90 Å².